The van der Waals surface area contributed by atoms with Crippen molar-refractivity contribution in [1.82, 2.24) is 0 Å². The summed E-state index contributed by atoms with van der Waals surface area (Å²) in [7, 11) is -3.07. The van der Waals surface area contributed by atoms with Crippen LogP contribution in [0.25, 0.3) is 21.6 Å². The van der Waals surface area contributed by atoms with Crippen LogP contribution >= 0.6 is 11.3 Å². The standard InChI is InChI=1S/C22H19F3O2S2/c23-22(24,25)18-10-8-16(9-11-18)15-4-6-17(7-5-15)19-12-13-20(28-19)21-3-1-2-14-29(21,26)27/h4-13,21H,1-3,14H2/t21-/m0/s1. The Labute approximate surface area is 171 Å². The van der Waals surface area contributed by atoms with E-state index in [0.29, 0.717) is 12.0 Å². The quantitative estimate of drug-likeness (QED) is 0.456. The number of alkyl halides is 3. The third-order valence-corrected chi connectivity index (χ3v) is 8.85. The van der Waals surface area contributed by atoms with Gasteiger partial charge in [0.05, 0.1) is 16.6 Å². The molecule has 0 bridgehead atoms. The van der Waals surface area contributed by atoms with Crippen LogP contribution in [0.2, 0.25) is 0 Å². The van der Waals surface area contributed by atoms with Gasteiger partial charge in [0.25, 0.3) is 0 Å². The van der Waals surface area contributed by atoms with E-state index in [2.05, 4.69) is 0 Å². The second-order valence-electron chi connectivity index (χ2n) is 7.21. The van der Waals surface area contributed by atoms with Crippen molar-refractivity contribution >= 4 is 21.2 Å². The fraction of sp³-hybridized carbons (Fsp3) is 0.273. The van der Waals surface area contributed by atoms with Gasteiger partial charge in [-0.3, -0.25) is 0 Å². The Balaban J connectivity index is 1.55. The summed E-state index contributed by atoms with van der Waals surface area (Å²) in [6.07, 6.45) is -2.00. The number of rotatable bonds is 3. The lowest BCUT2D eigenvalue weighted by Crippen LogP contribution is -2.20. The molecule has 0 aliphatic carbocycles. The van der Waals surface area contributed by atoms with Crippen LogP contribution in [-0.2, 0) is 16.0 Å². The Morgan fingerprint density at radius 3 is 1.97 bits per heavy atom. The molecule has 1 saturated heterocycles. The second-order valence-corrected chi connectivity index (χ2v) is 10.6. The van der Waals surface area contributed by atoms with E-state index < -0.39 is 26.8 Å². The molecule has 2 nitrogen and oxygen atoms in total. The van der Waals surface area contributed by atoms with Crippen molar-refractivity contribution in [2.45, 2.75) is 30.7 Å². The summed E-state index contributed by atoms with van der Waals surface area (Å²) in [5.41, 5.74) is 1.84. The molecule has 7 heteroatoms. The average molecular weight is 437 g/mol. The summed E-state index contributed by atoms with van der Waals surface area (Å²) in [4.78, 5) is 1.87. The molecule has 1 atom stereocenters. The lowest BCUT2D eigenvalue weighted by atomic mass is 10.0. The maximum Gasteiger partial charge on any atom is 0.416 e. The van der Waals surface area contributed by atoms with Crippen LogP contribution in [0.15, 0.2) is 60.7 Å². The molecule has 0 spiro atoms. The van der Waals surface area contributed by atoms with Crippen molar-refractivity contribution in [3.05, 3.63) is 71.1 Å². The van der Waals surface area contributed by atoms with Crippen molar-refractivity contribution in [3.8, 4) is 21.6 Å². The number of hydrogen-bond donors (Lipinski definition) is 0. The van der Waals surface area contributed by atoms with Crippen molar-refractivity contribution in [2.24, 2.45) is 0 Å². The highest BCUT2D eigenvalue weighted by Crippen LogP contribution is 2.40. The lowest BCUT2D eigenvalue weighted by Gasteiger charge is -2.20. The molecule has 0 radical (unpaired) electrons. The van der Waals surface area contributed by atoms with Crippen LogP contribution in [0.4, 0.5) is 13.2 Å². The summed E-state index contributed by atoms with van der Waals surface area (Å²) in [6.45, 7) is 0. The van der Waals surface area contributed by atoms with E-state index in [4.69, 9.17) is 0 Å². The first-order valence-electron chi connectivity index (χ1n) is 9.33. The van der Waals surface area contributed by atoms with Crippen LogP contribution in [0, 0.1) is 0 Å². The third kappa shape index (κ3) is 4.26. The van der Waals surface area contributed by atoms with E-state index >= 15 is 0 Å². The smallest absolute Gasteiger partial charge is 0.228 e. The highest BCUT2D eigenvalue weighted by atomic mass is 32.2. The van der Waals surface area contributed by atoms with Crippen molar-refractivity contribution in [1.29, 1.82) is 0 Å². The molecule has 29 heavy (non-hydrogen) atoms. The Hall–Kier alpha value is -2.12. The first-order valence-corrected chi connectivity index (χ1v) is 11.9. The van der Waals surface area contributed by atoms with Gasteiger partial charge in [-0.05, 0) is 53.8 Å². The minimum Gasteiger partial charge on any atom is -0.228 e. The van der Waals surface area contributed by atoms with Crippen LogP contribution in [0.3, 0.4) is 0 Å². The molecule has 152 valence electrons. The molecule has 1 aliphatic rings. The van der Waals surface area contributed by atoms with Crippen molar-refractivity contribution < 1.29 is 21.6 Å². The molecular formula is C22H19F3O2S2. The van der Waals surface area contributed by atoms with Gasteiger partial charge in [-0.1, -0.05) is 42.8 Å². The first-order chi connectivity index (χ1) is 13.7. The second kappa shape index (κ2) is 7.61. The minimum atomic E-state index is -4.34. The first kappa shape index (κ1) is 20.2. The predicted molar refractivity (Wildman–Crippen MR) is 111 cm³/mol. The topological polar surface area (TPSA) is 34.1 Å². The van der Waals surface area contributed by atoms with Gasteiger partial charge >= 0.3 is 6.18 Å². The molecule has 1 fully saturated rings. The summed E-state index contributed by atoms with van der Waals surface area (Å²) >= 11 is 1.50. The molecule has 4 rings (SSSR count). The average Bonchev–Trinajstić information content (AvgIpc) is 3.17. The van der Waals surface area contributed by atoms with Crippen LogP contribution in [0.5, 0.6) is 0 Å². The highest BCUT2D eigenvalue weighted by Gasteiger charge is 2.31. The maximum absolute atomic E-state index is 12.7. The molecule has 1 aliphatic heterocycles. The lowest BCUT2D eigenvalue weighted by molar-refractivity contribution is -0.137. The Kier molecular flexibility index (Phi) is 5.29. The van der Waals surface area contributed by atoms with E-state index in [9.17, 15) is 21.6 Å². The Morgan fingerprint density at radius 2 is 1.38 bits per heavy atom. The maximum atomic E-state index is 12.7. The number of halogens is 3. The zero-order valence-corrected chi connectivity index (χ0v) is 17.1. The van der Waals surface area contributed by atoms with Gasteiger partial charge < -0.3 is 0 Å². The largest absolute Gasteiger partial charge is 0.416 e. The summed E-state index contributed by atoms with van der Waals surface area (Å²) in [5, 5.41) is -0.401. The number of sulfone groups is 1. The molecule has 2 heterocycles. The normalized spacial score (nSPS) is 19.2. The van der Waals surface area contributed by atoms with Crippen molar-refractivity contribution in [2.75, 3.05) is 5.75 Å². The van der Waals surface area contributed by atoms with Crippen LogP contribution in [-0.4, -0.2) is 14.2 Å². The fourth-order valence-electron chi connectivity index (χ4n) is 3.63. The van der Waals surface area contributed by atoms with Gasteiger partial charge in [-0.15, -0.1) is 11.3 Å². The molecule has 0 amide bonds. The Morgan fingerprint density at radius 1 is 0.793 bits per heavy atom. The van der Waals surface area contributed by atoms with Gasteiger partial charge in [0, 0.05) is 9.75 Å². The van der Waals surface area contributed by atoms with E-state index in [1.54, 1.807) is 0 Å². The molecule has 3 aromatic rings. The molecule has 0 unspecified atom stereocenters. The predicted octanol–water partition coefficient (Wildman–Crippen LogP) is 6.74. The van der Waals surface area contributed by atoms with Crippen LogP contribution in [0.1, 0.15) is 35.0 Å². The van der Waals surface area contributed by atoms with E-state index in [1.165, 1.54) is 23.5 Å². The SMILES string of the molecule is O=S1(=O)CCCC[C@H]1c1ccc(-c2ccc(-c3ccc(C(F)(F)F)cc3)cc2)s1. The van der Waals surface area contributed by atoms with Gasteiger partial charge in [-0.25, -0.2) is 8.42 Å². The van der Waals surface area contributed by atoms with Gasteiger partial charge in [-0.2, -0.15) is 13.2 Å². The molecule has 0 saturated carbocycles. The molecular weight excluding hydrogens is 417 g/mol. The summed E-state index contributed by atoms with van der Waals surface area (Å²) < 4.78 is 62.8. The zero-order valence-electron chi connectivity index (χ0n) is 15.4. The molecule has 2 aromatic carbocycles. The van der Waals surface area contributed by atoms with E-state index in [1.807, 2.05) is 36.4 Å². The van der Waals surface area contributed by atoms with Gasteiger partial charge in [0.1, 0.15) is 0 Å². The minimum absolute atomic E-state index is 0.257. The number of thiophene rings is 1. The van der Waals surface area contributed by atoms with E-state index in [-0.39, 0.29) is 5.75 Å². The monoisotopic (exact) mass is 436 g/mol. The molecule has 1 aromatic heterocycles. The number of benzene rings is 2. The fourth-order valence-corrected chi connectivity index (χ4v) is 7.10. The summed E-state index contributed by atoms with van der Waals surface area (Å²) in [5.74, 6) is 0.257. The Bertz CT molecular complexity index is 1100. The van der Waals surface area contributed by atoms with E-state index in [0.717, 1.165) is 45.9 Å². The summed E-state index contributed by atoms with van der Waals surface area (Å²) in [6, 6.07) is 16.5. The van der Waals surface area contributed by atoms with Crippen molar-refractivity contribution in [3.63, 3.8) is 0 Å². The zero-order chi connectivity index (χ0) is 20.6. The molecule has 0 N–H and O–H groups in total. The van der Waals surface area contributed by atoms with Crippen LogP contribution < -0.4 is 0 Å². The van der Waals surface area contributed by atoms with Gasteiger partial charge in [0.2, 0.25) is 0 Å². The highest BCUT2D eigenvalue weighted by molar-refractivity contribution is 7.91. The number of hydrogen-bond acceptors (Lipinski definition) is 3. The van der Waals surface area contributed by atoms with Gasteiger partial charge in [0.15, 0.2) is 9.84 Å². The third-order valence-electron chi connectivity index (χ3n) is 5.24.